The number of rotatable bonds is 16. The van der Waals surface area contributed by atoms with Gasteiger partial charge < -0.3 is 9.87 Å². The molecule has 0 saturated heterocycles. The minimum absolute atomic E-state index is 0.000362. The van der Waals surface area contributed by atoms with Crippen molar-refractivity contribution >= 4 is 10.4 Å². The van der Waals surface area contributed by atoms with E-state index in [-0.39, 0.29) is 6.61 Å². The summed E-state index contributed by atoms with van der Waals surface area (Å²) in [5.41, 5.74) is 0. The van der Waals surface area contributed by atoms with Gasteiger partial charge in [-0.15, -0.1) is 0 Å². The second kappa shape index (κ2) is 14.8. The van der Waals surface area contributed by atoms with Crippen LogP contribution in [-0.2, 0) is 14.6 Å². The van der Waals surface area contributed by atoms with Crippen LogP contribution in [0.3, 0.4) is 0 Å². The molecule has 0 fully saturated rings. The Hall–Kier alpha value is -0.170. The number of hydrogen-bond donors (Lipinski definition) is 1. The molecule has 0 aliphatic carbocycles. The first kappa shape index (κ1) is 20.8. The van der Waals surface area contributed by atoms with E-state index in [9.17, 15) is 13.0 Å². The predicted molar refractivity (Wildman–Crippen MR) is 83.8 cm³/mol. The van der Waals surface area contributed by atoms with Crippen LogP contribution in [0.1, 0.15) is 77.6 Å². The Morgan fingerprint density at radius 3 is 1.81 bits per heavy atom. The van der Waals surface area contributed by atoms with E-state index < -0.39 is 10.4 Å². The molecule has 0 saturated carbocycles. The van der Waals surface area contributed by atoms with Gasteiger partial charge in [0.05, 0.1) is 19.7 Å². The van der Waals surface area contributed by atoms with Gasteiger partial charge in [0, 0.05) is 6.42 Å². The molecule has 0 radical (unpaired) electrons. The van der Waals surface area contributed by atoms with Crippen LogP contribution in [0.4, 0.5) is 0 Å². The Morgan fingerprint density at radius 1 is 0.810 bits per heavy atom. The number of unbranched alkanes of at least 4 members (excludes halogenated alkanes) is 9. The third-order valence-corrected chi connectivity index (χ3v) is 4.00. The van der Waals surface area contributed by atoms with E-state index in [1.165, 1.54) is 64.2 Å². The Labute approximate surface area is 130 Å². The summed E-state index contributed by atoms with van der Waals surface area (Å²) in [6.07, 6.45) is 14.0. The van der Waals surface area contributed by atoms with Gasteiger partial charge in [-0.1, -0.05) is 58.3 Å². The Kier molecular flexibility index (Phi) is 14.6. The van der Waals surface area contributed by atoms with E-state index in [0.29, 0.717) is 6.42 Å². The van der Waals surface area contributed by atoms with E-state index in [2.05, 4.69) is 16.4 Å². The monoisotopic (exact) mass is 323 g/mol. The highest BCUT2D eigenvalue weighted by Gasteiger charge is 1.97. The number of hydrogen-bond acceptors (Lipinski definition) is 4. The maximum Gasteiger partial charge on any atom is 0.217 e. The molecule has 2 N–H and O–H groups in total. The topological polar surface area (TPSA) is 83.0 Å². The average molecular weight is 323 g/mol. The highest BCUT2D eigenvalue weighted by atomic mass is 32.3. The van der Waals surface area contributed by atoms with E-state index in [1.807, 2.05) is 0 Å². The van der Waals surface area contributed by atoms with Crippen LogP contribution in [0, 0.1) is 0 Å². The lowest BCUT2D eigenvalue weighted by molar-refractivity contribution is -0.655. The maximum atomic E-state index is 10.2. The summed E-state index contributed by atoms with van der Waals surface area (Å²) in [6, 6.07) is 0. The molecule has 0 bridgehead atoms. The van der Waals surface area contributed by atoms with Crippen molar-refractivity contribution in [3.05, 3.63) is 0 Å². The second-order valence-corrected chi connectivity index (χ2v) is 6.68. The molecule has 0 rings (SSSR count). The van der Waals surface area contributed by atoms with E-state index >= 15 is 0 Å². The molecule has 0 atom stereocenters. The third-order valence-electron chi connectivity index (χ3n) is 3.54. The fourth-order valence-corrected chi connectivity index (χ4v) is 2.63. The summed E-state index contributed by atoms with van der Waals surface area (Å²) in [7, 11) is -4.51. The molecule has 0 aromatic rings. The lowest BCUT2D eigenvalue weighted by Crippen LogP contribution is -2.84. The van der Waals surface area contributed by atoms with Crippen LogP contribution in [-0.4, -0.2) is 32.7 Å². The highest BCUT2D eigenvalue weighted by Crippen LogP contribution is 2.09. The fourth-order valence-electron chi connectivity index (χ4n) is 2.31. The van der Waals surface area contributed by atoms with Gasteiger partial charge in [0.15, 0.2) is 0 Å². The Balaban J connectivity index is 3.03. The minimum atomic E-state index is -4.51. The van der Waals surface area contributed by atoms with Crippen molar-refractivity contribution in [1.82, 2.24) is 0 Å². The summed E-state index contributed by atoms with van der Waals surface area (Å²) in [4.78, 5) is 0. The molecule has 21 heavy (non-hydrogen) atoms. The van der Waals surface area contributed by atoms with Crippen LogP contribution < -0.4 is 5.32 Å². The molecule has 128 valence electrons. The number of quaternary nitrogens is 1. The molecule has 0 aromatic carbocycles. The van der Waals surface area contributed by atoms with Crippen molar-refractivity contribution in [1.29, 1.82) is 0 Å². The summed E-state index contributed by atoms with van der Waals surface area (Å²) < 4.78 is 34.7. The van der Waals surface area contributed by atoms with Crippen molar-refractivity contribution in [3.63, 3.8) is 0 Å². The molecule has 5 nitrogen and oxygen atoms in total. The van der Waals surface area contributed by atoms with Gasteiger partial charge in [-0.05, 0) is 12.8 Å². The standard InChI is InChI=1S/C15H33NO4S/c1-2-3-4-5-6-7-8-9-10-11-13-16-14-12-15-20-21(17,18)19/h16H,2-15H2,1H3,(H,17,18,19). The van der Waals surface area contributed by atoms with Crippen LogP contribution in [0.5, 0.6) is 0 Å². The summed E-state index contributed by atoms with van der Waals surface area (Å²) in [5, 5.41) is 2.16. The van der Waals surface area contributed by atoms with Gasteiger partial charge in [-0.3, -0.25) is 4.18 Å². The molecule has 0 aliphatic heterocycles. The zero-order valence-corrected chi connectivity index (χ0v) is 14.3. The fraction of sp³-hybridized carbons (Fsp3) is 1.00. The largest absolute Gasteiger partial charge is 0.726 e. The summed E-state index contributed by atoms with van der Waals surface area (Å²) >= 11 is 0. The normalized spacial score (nSPS) is 11.9. The molecular formula is C15H33NO4S. The first-order chi connectivity index (χ1) is 10.1. The second-order valence-electron chi connectivity index (χ2n) is 5.63. The van der Waals surface area contributed by atoms with Gasteiger partial charge in [0.1, 0.15) is 0 Å². The predicted octanol–water partition coefficient (Wildman–Crippen LogP) is 2.34. The van der Waals surface area contributed by atoms with E-state index in [1.54, 1.807) is 0 Å². The maximum absolute atomic E-state index is 10.2. The van der Waals surface area contributed by atoms with E-state index in [0.717, 1.165) is 13.1 Å². The SMILES string of the molecule is CCCCCCCCCCCC[NH2+]CCCOS(=O)(=O)[O-]. The Bertz CT molecular complexity index is 307. The van der Waals surface area contributed by atoms with Crippen molar-refractivity contribution in [2.75, 3.05) is 19.7 Å². The van der Waals surface area contributed by atoms with Crippen LogP contribution in [0.25, 0.3) is 0 Å². The van der Waals surface area contributed by atoms with Gasteiger partial charge >= 0.3 is 0 Å². The zero-order chi connectivity index (χ0) is 15.8. The van der Waals surface area contributed by atoms with Gasteiger partial charge in [0.25, 0.3) is 0 Å². The molecule has 0 aliphatic rings. The first-order valence-corrected chi connectivity index (χ1v) is 9.81. The molecule has 0 amide bonds. The molecular weight excluding hydrogens is 290 g/mol. The van der Waals surface area contributed by atoms with E-state index in [4.69, 9.17) is 0 Å². The highest BCUT2D eigenvalue weighted by molar-refractivity contribution is 7.80. The van der Waals surface area contributed by atoms with Gasteiger partial charge in [0.2, 0.25) is 10.4 Å². The van der Waals surface area contributed by atoms with Crippen LogP contribution in [0.2, 0.25) is 0 Å². The van der Waals surface area contributed by atoms with Crippen LogP contribution in [0.15, 0.2) is 0 Å². The molecule has 0 unspecified atom stereocenters. The van der Waals surface area contributed by atoms with Crippen molar-refractivity contribution in [2.45, 2.75) is 77.6 Å². The molecule has 0 spiro atoms. The van der Waals surface area contributed by atoms with Crippen molar-refractivity contribution in [2.24, 2.45) is 0 Å². The average Bonchev–Trinajstić information content (AvgIpc) is 2.42. The lowest BCUT2D eigenvalue weighted by atomic mass is 10.1. The molecule has 6 heteroatoms. The first-order valence-electron chi connectivity index (χ1n) is 8.48. The minimum Gasteiger partial charge on any atom is -0.726 e. The third kappa shape index (κ3) is 19.8. The molecule has 0 heterocycles. The van der Waals surface area contributed by atoms with Crippen LogP contribution >= 0.6 is 0 Å². The quantitative estimate of drug-likeness (QED) is 0.268. The lowest BCUT2D eigenvalue weighted by Gasteiger charge is -2.06. The van der Waals surface area contributed by atoms with Crippen molar-refractivity contribution in [3.8, 4) is 0 Å². The Morgan fingerprint density at radius 2 is 1.29 bits per heavy atom. The number of nitrogens with two attached hydrogens (primary N) is 1. The zero-order valence-electron chi connectivity index (χ0n) is 13.5. The summed E-state index contributed by atoms with van der Waals surface area (Å²) in [6.45, 7) is 4.13. The van der Waals surface area contributed by atoms with Crippen molar-refractivity contribution < 1.29 is 22.5 Å². The summed E-state index contributed by atoms with van der Waals surface area (Å²) in [5.74, 6) is 0. The van der Waals surface area contributed by atoms with Gasteiger partial charge in [-0.25, -0.2) is 8.42 Å². The van der Waals surface area contributed by atoms with Gasteiger partial charge in [-0.2, -0.15) is 0 Å². The molecule has 0 aromatic heterocycles. The smallest absolute Gasteiger partial charge is 0.217 e.